The summed E-state index contributed by atoms with van der Waals surface area (Å²) in [6.07, 6.45) is 5.03. The van der Waals surface area contributed by atoms with Gasteiger partial charge in [-0.05, 0) is 44.0 Å². The Kier molecular flexibility index (Phi) is 8.27. The number of rotatable bonds is 14. The van der Waals surface area contributed by atoms with E-state index >= 15 is 0 Å². The van der Waals surface area contributed by atoms with Gasteiger partial charge < -0.3 is 25.3 Å². The number of aromatic nitrogens is 5. The number of nitrogens with one attached hydrogen (secondary N) is 1. The summed E-state index contributed by atoms with van der Waals surface area (Å²) in [7, 11) is 0. The number of anilines is 1. The van der Waals surface area contributed by atoms with Gasteiger partial charge in [-0.3, -0.25) is 4.79 Å². The second-order valence-electron chi connectivity index (χ2n) is 8.39. The van der Waals surface area contributed by atoms with E-state index in [9.17, 15) is 9.90 Å². The lowest BCUT2D eigenvalue weighted by Crippen LogP contribution is -2.08. The van der Waals surface area contributed by atoms with Gasteiger partial charge in [0.25, 0.3) is 0 Å². The Bertz CT molecular complexity index is 1280. The van der Waals surface area contributed by atoms with E-state index in [-0.39, 0.29) is 11.5 Å². The summed E-state index contributed by atoms with van der Waals surface area (Å²) in [5.74, 6) is 0.791. The highest BCUT2D eigenvalue weighted by Gasteiger charge is 2.18. The third-order valence-corrected chi connectivity index (χ3v) is 5.84. The fraction of sp³-hybridized carbons (Fsp3) is 0.440. The van der Waals surface area contributed by atoms with E-state index in [0.29, 0.717) is 68.4 Å². The summed E-state index contributed by atoms with van der Waals surface area (Å²) in [6.45, 7) is 4.81. The molecule has 0 amide bonds. The van der Waals surface area contributed by atoms with Crippen LogP contribution in [0.3, 0.4) is 0 Å². The summed E-state index contributed by atoms with van der Waals surface area (Å²) in [4.78, 5) is 24.0. The number of Topliss-reactive ketones (excluding diaryl/α,β-unsaturated/α-hetero) is 1. The molecule has 0 atom stereocenters. The Morgan fingerprint density at radius 3 is 2.80 bits per heavy atom. The molecule has 0 fully saturated rings. The number of unbranched alkanes of at least 4 members (excludes halogenated alkanes) is 2. The molecule has 0 aliphatic rings. The van der Waals surface area contributed by atoms with Crippen molar-refractivity contribution in [3.8, 4) is 17.1 Å². The summed E-state index contributed by atoms with van der Waals surface area (Å²) >= 11 is 0. The Morgan fingerprint density at radius 1 is 1.09 bits per heavy atom. The van der Waals surface area contributed by atoms with Gasteiger partial charge in [0.15, 0.2) is 5.65 Å². The second-order valence-corrected chi connectivity index (χ2v) is 8.39. The quantitative estimate of drug-likeness (QED) is 0.231. The number of carbonyl (C=O) groups is 1. The van der Waals surface area contributed by atoms with Gasteiger partial charge >= 0.3 is 0 Å². The number of benzene rings is 1. The predicted octanol–water partition coefficient (Wildman–Crippen LogP) is 3.84. The maximum atomic E-state index is 12.1. The number of fused-ring (bicyclic) bond motifs is 2. The Hall–Kier alpha value is -3.50. The van der Waals surface area contributed by atoms with Crippen LogP contribution < -0.4 is 5.73 Å². The smallest absolute Gasteiger partial charge is 0.164 e. The molecular formula is C25H32N6O4. The number of ketones is 1. The molecule has 1 aromatic carbocycles. The summed E-state index contributed by atoms with van der Waals surface area (Å²) in [5.41, 5.74) is 9.22. The SMILES string of the molecule is CCOCCOCCC(=O)CCCCCn1nc(-c2cc3cc(O)ccc3[nH]2)c2c(N)ncnc21. The monoisotopic (exact) mass is 480 g/mol. The first-order chi connectivity index (χ1) is 17.1. The molecule has 0 spiro atoms. The minimum atomic E-state index is 0.203. The molecule has 10 nitrogen and oxygen atoms in total. The van der Waals surface area contributed by atoms with Crippen LogP contribution in [0.4, 0.5) is 5.82 Å². The zero-order chi connectivity index (χ0) is 24.6. The third-order valence-electron chi connectivity index (χ3n) is 5.84. The van der Waals surface area contributed by atoms with Gasteiger partial charge in [-0.15, -0.1) is 0 Å². The fourth-order valence-electron chi connectivity index (χ4n) is 4.06. The molecule has 4 N–H and O–H groups in total. The van der Waals surface area contributed by atoms with Gasteiger partial charge in [-0.1, -0.05) is 6.42 Å². The number of nitrogen functional groups attached to an aromatic ring is 1. The molecule has 4 aromatic rings. The van der Waals surface area contributed by atoms with E-state index < -0.39 is 0 Å². The molecule has 0 saturated heterocycles. The first-order valence-electron chi connectivity index (χ1n) is 12.0. The van der Waals surface area contributed by atoms with E-state index in [1.54, 1.807) is 12.1 Å². The molecule has 0 aliphatic heterocycles. The van der Waals surface area contributed by atoms with Crippen molar-refractivity contribution in [3.05, 3.63) is 30.6 Å². The Labute approximate surface area is 203 Å². The molecule has 0 unspecified atom stereocenters. The zero-order valence-corrected chi connectivity index (χ0v) is 20.0. The molecule has 3 heterocycles. The van der Waals surface area contributed by atoms with Crippen LogP contribution in [0.25, 0.3) is 33.3 Å². The number of carbonyl (C=O) groups excluding carboxylic acids is 1. The van der Waals surface area contributed by atoms with Crippen molar-refractivity contribution in [2.45, 2.75) is 45.6 Å². The number of nitrogens with zero attached hydrogens (tertiary/aromatic N) is 4. The highest BCUT2D eigenvalue weighted by Crippen LogP contribution is 2.32. The van der Waals surface area contributed by atoms with Crippen LogP contribution in [0.1, 0.15) is 39.0 Å². The third kappa shape index (κ3) is 6.14. The molecule has 3 aromatic heterocycles. The van der Waals surface area contributed by atoms with Crippen LogP contribution in [0, 0.1) is 0 Å². The van der Waals surface area contributed by atoms with Crippen molar-refractivity contribution in [2.24, 2.45) is 0 Å². The lowest BCUT2D eigenvalue weighted by Gasteiger charge is -2.05. The number of ether oxygens (including phenoxy) is 2. The number of phenolic OH excluding ortho intramolecular Hbond substituents is 1. The van der Waals surface area contributed by atoms with Crippen LogP contribution >= 0.6 is 0 Å². The lowest BCUT2D eigenvalue weighted by molar-refractivity contribution is -0.120. The number of aryl methyl sites for hydroxylation is 1. The molecule has 0 aliphatic carbocycles. The number of H-pyrrole nitrogens is 1. The summed E-state index contributed by atoms with van der Waals surface area (Å²) in [5, 5.41) is 16.1. The largest absolute Gasteiger partial charge is 0.508 e. The zero-order valence-electron chi connectivity index (χ0n) is 20.0. The highest BCUT2D eigenvalue weighted by molar-refractivity contribution is 5.99. The van der Waals surface area contributed by atoms with Crippen LogP contribution in [-0.4, -0.2) is 62.0 Å². The van der Waals surface area contributed by atoms with Crippen LogP contribution in [-0.2, 0) is 20.8 Å². The van der Waals surface area contributed by atoms with Gasteiger partial charge in [0.1, 0.15) is 29.4 Å². The van der Waals surface area contributed by atoms with Crippen LogP contribution in [0.5, 0.6) is 5.75 Å². The van der Waals surface area contributed by atoms with E-state index in [4.69, 9.17) is 20.3 Å². The maximum absolute atomic E-state index is 12.1. The summed E-state index contributed by atoms with van der Waals surface area (Å²) in [6, 6.07) is 7.08. The number of phenols is 1. The van der Waals surface area contributed by atoms with Crippen molar-refractivity contribution in [2.75, 3.05) is 32.2 Å². The highest BCUT2D eigenvalue weighted by atomic mass is 16.5. The number of hydrogen-bond donors (Lipinski definition) is 3. The summed E-state index contributed by atoms with van der Waals surface area (Å²) < 4.78 is 12.5. The number of nitrogens with two attached hydrogens (primary N) is 1. The van der Waals surface area contributed by atoms with E-state index in [2.05, 4.69) is 15.0 Å². The molecular weight excluding hydrogens is 448 g/mol. The van der Waals surface area contributed by atoms with Crippen LogP contribution in [0.15, 0.2) is 30.6 Å². The molecule has 186 valence electrons. The first-order valence-corrected chi connectivity index (χ1v) is 12.0. The molecule has 0 saturated carbocycles. The molecule has 0 radical (unpaired) electrons. The van der Waals surface area contributed by atoms with Gasteiger partial charge in [-0.2, -0.15) is 5.10 Å². The predicted molar refractivity (Wildman–Crippen MR) is 134 cm³/mol. The number of aromatic hydroxyl groups is 1. The van der Waals surface area contributed by atoms with Crippen molar-refractivity contribution >= 4 is 33.5 Å². The topological polar surface area (TPSA) is 141 Å². The number of aromatic amines is 1. The van der Waals surface area contributed by atoms with E-state index in [1.807, 2.05) is 23.7 Å². The van der Waals surface area contributed by atoms with Gasteiger partial charge in [0.05, 0.1) is 30.9 Å². The molecule has 35 heavy (non-hydrogen) atoms. The average Bonchev–Trinajstić information content (AvgIpc) is 3.43. The molecule has 10 heteroatoms. The minimum Gasteiger partial charge on any atom is -0.508 e. The van der Waals surface area contributed by atoms with Crippen molar-refractivity contribution in [1.29, 1.82) is 0 Å². The van der Waals surface area contributed by atoms with Gasteiger partial charge in [0.2, 0.25) is 0 Å². The molecule has 0 bridgehead atoms. The van der Waals surface area contributed by atoms with Gasteiger partial charge in [0, 0.05) is 36.9 Å². The molecule has 4 rings (SSSR count). The van der Waals surface area contributed by atoms with Crippen LogP contribution in [0.2, 0.25) is 0 Å². The Morgan fingerprint density at radius 2 is 1.94 bits per heavy atom. The van der Waals surface area contributed by atoms with Gasteiger partial charge in [-0.25, -0.2) is 14.6 Å². The second kappa shape index (κ2) is 11.8. The Balaban J connectivity index is 1.34. The minimum absolute atomic E-state index is 0.203. The lowest BCUT2D eigenvalue weighted by atomic mass is 10.1. The average molecular weight is 481 g/mol. The van der Waals surface area contributed by atoms with Crippen molar-refractivity contribution in [3.63, 3.8) is 0 Å². The normalized spacial score (nSPS) is 11.6. The maximum Gasteiger partial charge on any atom is 0.164 e. The standard InChI is InChI=1S/C25H32N6O4/c1-2-34-12-13-35-11-9-18(32)6-4-3-5-10-31-25-22(24(26)27-16-28-25)23(30-31)21-15-17-14-19(33)7-8-20(17)29-21/h7-8,14-16,29,33H,2-6,9-13H2,1H3,(H2,26,27,28). The van der Waals surface area contributed by atoms with Crippen molar-refractivity contribution in [1.82, 2.24) is 24.7 Å². The van der Waals surface area contributed by atoms with E-state index in [0.717, 1.165) is 35.9 Å². The van der Waals surface area contributed by atoms with E-state index in [1.165, 1.54) is 6.33 Å². The fourth-order valence-corrected chi connectivity index (χ4v) is 4.06. The number of hydrogen-bond acceptors (Lipinski definition) is 8. The first kappa shape index (κ1) is 24.6. The van der Waals surface area contributed by atoms with Crippen molar-refractivity contribution < 1.29 is 19.4 Å².